The first kappa shape index (κ1) is 19.2. The van der Waals surface area contributed by atoms with Gasteiger partial charge in [0.25, 0.3) is 5.91 Å². The lowest BCUT2D eigenvalue weighted by molar-refractivity contribution is -0.885. The zero-order valence-electron chi connectivity index (χ0n) is 16.4. The largest absolute Gasteiger partial charge is 0.326 e. The number of carbonyl (C=O) groups excluding carboxylic acids is 1. The molecule has 2 aromatic rings. The third kappa shape index (κ3) is 5.43. The van der Waals surface area contributed by atoms with Gasteiger partial charge in [-0.2, -0.15) is 0 Å². The number of anilines is 1. The van der Waals surface area contributed by atoms with E-state index >= 15 is 0 Å². The Morgan fingerprint density at radius 3 is 2.12 bits per heavy atom. The predicted molar refractivity (Wildman–Crippen MR) is 105 cm³/mol. The third-order valence-electron chi connectivity index (χ3n) is 4.56. The van der Waals surface area contributed by atoms with Crippen molar-refractivity contribution < 1.29 is 9.69 Å². The van der Waals surface area contributed by atoms with Gasteiger partial charge in [-0.25, -0.2) is 0 Å². The molecule has 0 heterocycles. The van der Waals surface area contributed by atoms with Gasteiger partial charge in [0.1, 0.15) is 6.54 Å². The van der Waals surface area contributed by atoms with Gasteiger partial charge in [-0.15, -0.1) is 0 Å². The zero-order valence-corrected chi connectivity index (χ0v) is 16.4. The second-order valence-corrected chi connectivity index (χ2v) is 7.53. The Morgan fingerprint density at radius 1 is 1.04 bits per heavy atom. The molecule has 3 nitrogen and oxygen atoms in total. The maximum Gasteiger partial charge on any atom is 0.279 e. The van der Waals surface area contributed by atoms with E-state index in [1.165, 1.54) is 21.6 Å². The summed E-state index contributed by atoms with van der Waals surface area (Å²) in [5, 5.41) is 3.09. The molecule has 0 aromatic heterocycles. The lowest BCUT2D eigenvalue weighted by atomic mass is 10.0. The van der Waals surface area contributed by atoms with Gasteiger partial charge < -0.3 is 10.2 Å². The molecule has 0 spiro atoms. The van der Waals surface area contributed by atoms with Gasteiger partial charge in [0.2, 0.25) is 0 Å². The van der Waals surface area contributed by atoms with Crippen molar-refractivity contribution in [2.75, 3.05) is 18.9 Å². The Hall–Kier alpha value is -2.13. The average Bonchev–Trinajstić information content (AvgIpc) is 2.51. The van der Waals surface area contributed by atoms with Gasteiger partial charge in [-0.3, -0.25) is 4.79 Å². The molecule has 1 amide bonds. The Morgan fingerprint density at radius 2 is 1.60 bits per heavy atom. The van der Waals surface area contributed by atoms with Crippen LogP contribution >= 0.6 is 0 Å². The van der Waals surface area contributed by atoms with E-state index in [1.54, 1.807) is 0 Å². The van der Waals surface area contributed by atoms with Crippen LogP contribution in [0.15, 0.2) is 36.4 Å². The van der Waals surface area contributed by atoms with Gasteiger partial charge in [-0.1, -0.05) is 55.8 Å². The van der Waals surface area contributed by atoms with Gasteiger partial charge in [-0.05, 0) is 43.4 Å². The summed E-state index contributed by atoms with van der Waals surface area (Å²) in [4.78, 5) is 13.6. The van der Waals surface area contributed by atoms with Crippen molar-refractivity contribution in [3.8, 4) is 0 Å². The standard InChI is InChI=1S/C22H30N2O/c1-15(2)20-9-7-19(8-10-20)13-24(6)14-21(25)23-22-17(4)11-16(3)12-18(22)5/h7-12,15H,13-14H2,1-6H3,(H,23,25)/p+1. The number of hydrogen-bond donors (Lipinski definition) is 2. The van der Waals surface area contributed by atoms with Crippen molar-refractivity contribution in [2.24, 2.45) is 0 Å². The number of amides is 1. The second kappa shape index (κ2) is 8.30. The highest BCUT2D eigenvalue weighted by Gasteiger charge is 2.13. The molecule has 3 heteroatoms. The quantitative estimate of drug-likeness (QED) is 0.831. The molecule has 2 aromatic carbocycles. The van der Waals surface area contributed by atoms with Crippen LogP contribution in [0.25, 0.3) is 0 Å². The number of rotatable bonds is 6. The van der Waals surface area contributed by atoms with E-state index in [9.17, 15) is 4.79 Å². The number of carbonyl (C=O) groups is 1. The molecule has 0 saturated carbocycles. The molecule has 2 rings (SSSR count). The van der Waals surface area contributed by atoms with E-state index in [4.69, 9.17) is 0 Å². The summed E-state index contributed by atoms with van der Waals surface area (Å²) in [6.45, 7) is 11.9. The van der Waals surface area contributed by atoms with Gasteiger partial charge in [0, 0.05) is 11.3 Å². The molecule has 2 N–H and O–H groups in total. The highest BCUT2D eigenvalue weighted by atomic mass is 16.2. The number of benzene rings is 2. The lowest BCUT2D eigenvalue weighted by Gasteiger charge is -2.16. The number of nitrogens with one attached hydrogen (secondary N) is 2. The number of hydrogen-bond acceptors (Lipinski definition) is 1. The molecule has 25 heavy (non-hydrogen) atoms. The minimum Gasteiger partial charge on any atom is -0.326 e. The highest BCUT2D eigenvalue weighted by Crippen LogP contribution is 2.21. The second-order valence-electron chi connectivity index (χ2n) is 7.53. The van der Waals surface area contributed by atoms with Crippen LogP contribution in [-0.4, -0.2) is 19.5 Å². The summed E-state index contributed by atoms with van der Waals surface area (Å²) in [5.41, 5.74) is 7.02. The van der Waals surface area contributed by atoms with Crippen molar-refractivity contribution in [3.05, 3.63) is 64.2 Å². The van der Waals surface area contributed by atoms with E-state index in [-0.39, 0.29) is 5.91 Å². The Bertz CT molecular complexity index is 709. The molecule has 0 aliphatic carbocycles. The molecule has 1 atom stereocenters. The van der Waals surface area contributed by atoms with E-state index in [1.807, 2.05) is 13.8 Å². The van der Waals surface area contributed by atoms with Crippen LogP contribution in [0.5, 0.6) is 0 Å². The van der Waals surface area contributed by atoms with Gasteiger partial charge >= 0.3 is 0 Å². The minimum atomic E-state index is 0.0614. The fraction of sp³-hybridized carbons (Fsp3) is 0.409. The third-order valence-corrected chi connectivity index (χ3v) is 4.56. The van der Waals surface area contributed by atoms with E-state index in [0.29, 0.717) is 12.5 Å². The molecule has 1 unspecified atom stereocenters. The Kier molecular flexibility index (Phi) is 6.38. The summed E-state index contributed by atoms with van der Waals surface area (Å²) in [5.74, 6) is 0.609. The first-order valence-electron chi connectivity index (χ1n) is 9.04. The van der Waals surface area contributed by atoms with Crippen LogP contribution in [0.4, 0.5) is 5.69 Å². The summed E-state index contributed by atoms with van der Waals surface area (Å²) in [6.07, 6.45) is 0. The topological polar surface area (TPSA) is 33.5 Å². The van der Waals surface area contributed by atoms with Crippen LogP contribution in [0, 0.1) is 20.8 Å². The maximum absolute atomic E-state index is 12.4. The number of quaternary nitrogens is 1. The molecular formula is C22H31N2O+. The molecule has 0 radical (unpaired) electrons. The van der Waals surface area contributed by atoms with Gasteiger partial charge in [0.05, 0.1) is 7.05 Å². The molecule has 0 saturated heterocycles. The van der Waals surface area contributed by atoms with Crippen LogP contribution in [0.3, 0.4) is 0 Å². The van der Waals surface area contributed by atoms with Gasteiger partial charge in [0.15, 0.2) is 6.54 Å². The first-order chi connectivity index (χ1) is 11.8. The molecule has 0 bridgehead atoms. The van der Waals surface area contributed by atoms with Crippen LogP contribution in [0.1, 0.15) is 47.6 Å². The summed E-state index contributed by atoms with van der Waals surface area (Å²) in [6, 6.07) is 12.9. The van der Waals surface area contributed by atoms with Crippen molar-refractivity contribution in [1.82, 2.24) is 0 Å². The SMILES string of the molecule is Cc1cc(C)c(NC(=O)C[NH+](C)Cc2ccc(C(C)C)cc2)c(C)c1. The molecule has 0 aliphatic rings. The summed E-state index contributed by atoms with van der Waals surface area (Å²) >= 11 is 0. The van der Waals surface area contributed by atoms with E-state index in [2.05, 4.69) is 69.5 Å². The molecule has 0 aliphatic heterocycles. The van der Waals surface area contributed by atoms with E-state index in [0.717, 1.165) is 23.4 Å². The van der Waals surface area contributed by atoms with Crippen molar-refractivity contribution in [3.63, 3.8) is 0 Å². The van der Waals surface area contributed by atoms with Crippen molar-refractivity contribution >= 4 is 11.6 Å². The minimum absolute atomic E-state index is 0.0614. The van der Waals surface area contributed by atoms with Crippen LogP contribution in [0.2, 0.25) is 0 Å². The number of aryl methyl sites for hydroxylation is 3. The lowest BCUT2D eigenvalue weighted by Crippen LogP contribution is -3.08. The monoisotopic (exact) mass is 339 g/mol. The fourth-order valence-corrected chi connectivity index (χ4v) is 3.27. The molecular weight excluding hydrogens is 308 g/mol. The normalized spacial score (nSPS) is 12.3. The Balaban J connectivity index is 1.94. The van der Waals surface area contributed by atoms with Crippen molar-refractivity contribution in [1.29, 1.82) is 0 Å². The zero-order chi connectivity index (χ0) is 18.6. The van der Waals surface area contributed by atoms with E-state index < -0.39 is 0 Å². The summed E-state index contributed by atoms with van der Waals surface area (Å²) < 4.78 is 0. The van der Waals surface area contributed by atoms with Crippen LogP contribution in [-0.2, 0) is 11.3 Å². The van der Waals surface area contributed by atoms with Crippen molar-refractivity contribution in [2.45, 2.75) is 47.1 Å². The highest BCUT2D eigenvalue weighted by molar-refractivity contribution is 5.93. The number of likely N-dealkylation sites (N-methyl/N-ethyl adjacent to an activating group) is 1. The smallest absolute Gasteiger partial charge is 0.279 e. The average molecular weight is 340 g/mol. The van der Waals surface area contributed by atoms with Crippen LogP contribution < -0.4 is 10.2 Å². The predicted octanol–water partition coefficient (Wildman–Crippen LogP) is 3.39. The first-order valence-corrected chi connectivity index (χ1v) is 9.04. The molecule has 0 fully saturated rings. The fourth-order valence-electron chi connectivity index (χ4n) is 3.27. The maximum atomic E-state index is 12.4. The Labute approximate surface area is 152 Å². The summed E-state index contributed by atoms with van der Waals surface area (Å²) in [7, 11) is 2.06. The molecule has 134 valence electrons.